The standard InChI is InChI=1S/C12H22N2/c1-2-14-12-6-9-3-10(7-12)5-11(13,4-9)8-12/h9-10,14H,2-8,13H2,1H3. The highest BCUT2D eigenvalue weighted by molar-refractivity contribution is 5.14. The van der Waals surface area contributed by atoms with E-state index in [0.717, 1.165) is 18.4 Å². The summed E-state index contributed by atoms with van der Waals surface area (Å²) < 4.78 is 0. The molecule has 4 aliphatic carbocycles. The third kappa shape index (κ3) is 1.24. The third-order valence-electron chi connectivity index (χ3n) is 4.66. The molecule has 0 radical (unpaired) electrons. The van der Waals surface area contributed by atoms with Gasteiger partial charge in [-0.2, -0.15) is 0 Å². The normalized spacial score (nSPS) is 55.3. The Balaban J connectivity index is 1.89. The van der Waals surface area contributed by atoms with Crippen LogP contribution in [0.4, 0.5) is 0 Å². The first-order valence-electron chi connectivity index (χ1n) is 6.17. The molecule has 4 fully saturated rings. The lowest BCUT2D eigenvalue weighted by Crippen LogP contribution is -2.67. The first-order valence-corrected chi connectivity index (χ1v) is 6.17. The van der Waals surface area contributed by atoms with Gasteiger partial charge in [0.2, 0.25) is 0 Å². The van der Waals surface area contributed by atoms with E-state index >= 15 is 0 Å². The quantitative estimate of drug-likeness (QED) is 0.701. The monoisotopic (exact) mass is 194 g/mol. The van der Waals surface area contributed by atoms with Gasteiger partial charge in [0.15, 0.2) is 0 Å². The van der Waals surface area contributed by atoms with Gasteiger partial charge in [-0.1, -0.05) is 6.92 Å². The smallest absolute Gasteiger partial charge is 0.0204 e. The summed E-state index contributed by atoms with van der Waals surface area (Å²) in [6, 6.07) is 0. The molecule has 0 heterocycles. The van der Waals surface area contributed by atoms with E-state index in [0.29, 0.717) is 5.54 Å². The molecule has 0 amide bonds. The van der Waals surface area contributed by atoms with Gasteiger partial charge in [-0.05, 0) is 56.9 Å². The van der Waals surface area contributed by atoms with Gasteiger partial charge < -0.3 is 11.1 Å². The van der Waals surface area contributed by atoms with Gasteiger partial charge in [0.05, 0.1) is 0 Å². The van der Waals surface area contributed by atoms with E-state index < -0.39 is 0 Å². The lowest BCUT2D eigenvalue weighted by Gasteiger charge is -2.61. The zero-order valence-corrected chi connectivity index (χ0v) is 9.18. The van der Waals surface area contributed by atoms with E-state index in [9.17, 15) is 0 Å². The first-order chi connectivity index (χ1) is 6.63. The molecule has 2 nitrogen and oxygen atoms in total. The van der Waals surface area contributed by atoms with Crippen molar-refractivity contribution in [3.05, 3.63) is 0 Å². The van der Waals surface area contributed by atoms with Crippen LogP contribution in [0, 0.1) is 11.8 Å². The van der Waals surface area contributed by atoms with Gasteiger partial charge in [0.25, 0.3) is 0 Å². The van der Waals surface area contributed by atoms with Gasteiger partial charge in [-0.25, -0.2) is 0 Å². The zero-order valence-electron chi connectivity index (χ0n) is 9.18. The zero-order chi connectivity index (χ0) is 9.81. The minimum absolute atomic E-state index is 0.201. The molecule has 3 N–H and O–H groups in total. The summed E-state index contributed by atoms with van der Waals surface area (Å²) in [6.07, 6.45) is 8.10. The fourth-order valence-corrected chi connectivity index (χ4v) is 4.92. The number of nitrogens with two attached hydrogens (primary N) is 1. The van der Waals surface area contributed by atoms with Crippen molar-refractivity contribution in [2.45, 2.75) is 56.5 Å². The maximum absolute atomic E-state index is 6.50. The number of hydrogen-bond acceptors (Lipinski definition) is 2. The fraction of sp³-hybridized carbons (Fsp3) is 1.00. The van der Waals surface area contributed by atoms with E-state index in [4.69, 9.17) is 5.73 Å². The van der Waals surface area contributed by atoms with E-state index in [-0.39, 0.29) is 5.54 Å². The summed E-state index contributed by atoms with van der Waals surface area (Å²) in [5.74, 6) is 1.86. The summed E-state index contributed by atoms with van der Waals surface area (Å²) in [4.78, 5) is 0. The summed E-state index contributed by atoms with van der Waals surface area (Å²) in [7, 11) is 0. The van der Waals surface area contributed by atoms with Crippen molar-refractivity contribution in [1.82, 2.24) is 5.32 Å². The Bertz CT molecular complexity index is 235. The Labute approximate surface area is 86.6 Å². The molecule has 14 heavy (non-hydrogen) atoms. The first kappa shape index (κ1) is 9.17. The Morgan fingerprint density at radius 3 is 2.36 bits per heavy atom. The van der Waals surface area contributed by atoms with E-state index in [1.54, 1.807) is 0 Å². The van der Waals surface area contributed by atoms with Gasteiger partial charge in [0, 0.05) is 11.1 Å². The SMILES string of the molecule is CCNC12CC3CC(CC(N)(C3)C1)C2. The van der Waals surface area contributed by atoms with Crippen LogP contribution in [0.2, 0.25) is 0 Å². The molecule has 4 saturated carbocycles. The average Bonchev–Trinajstić information content (AvgIpc) is 1.97. The third-order valence-corrected chi connectivity index (χ3v) is 4.66. The van der Waals surface area contributed by atoms with Crippen LogP contribution in [0.5, 0.6) is 0 Å². The van der Waals surface area contributed by atoms with Crippen LogP contribution in [0.1, 0.15) is 45.4 Å². The number of hydrogen-bond donors (Lipinski definition) is 2. The number of nitrogens with one attached hydrogen (secondary N) is 1. The molecule has 4 aliphatic rings. The Morgan fingerprint density at radius 2 is 1.86 bits per heavy atom. The van der Waals surface area contributed by atoms with Gasteiger partial charge in [0.1, 0.15) is 0 Å². The van der Waals surface area contributed by atoms with Gasteiger partial charge in [-0.15, -0.1) is 0 Å². The highest BCUT2D eigenvalue weighted by atomic mass is 15.0. The lowest BCUT2D eigenvalue weighted by atomic mass is 9.50. The van der Waals surface area contributed by atoms with Crippen molar-refractivity contribution in [2.24, 2.45) is 17.6 Å². The van der Waals surface area contributed by atoms with Crippen molar-refractivity contribution in [1.29, 1.82) is 0 Å². The molecule has 2 atom stereocenters. The van der Waals surface area contributed by atoms with Crippen molar-refractivity contribution in [3.8, 4) is 0 Å². The Kier molecular flexibility index (Phi) is 1.79. The molecule has 4 rings (SSSR count). The second kappa shape index (κ2) is 2.73. The van der Waals surface area contributed by atoms with Crippen LogP contribution in [-0.4, -0.2) is 17.6 Å². The number of rotatable bonds is 2. The van der Waals surface area contributed by atoms with Crippen LogP contribution >= 0.6 is 0 Å². The highest BCUT2D eigenvalue weighted by Crippen LogP contribution is 2.56. The maximum atomic E-state index is 6.50. The molecule has 4 bridgehead atoms. The molecule has 0 spiro atoms. The molecule has 2 heteroatoms. The lowest BCUT2D eigenvalue weighted by molar-refractivity contribution is -0.0347. The van der Waals surface area contributed by atoms with E-state index in [1.807, 2.05) is 0 Å². The maximum Gasteiger partial charge on any atom is 0.0204 e. The molecule has 0 aliphatic heterocycles. The second-order valence-corrected chi connectivity index (χ2v) is 6.13. The topological polar surface area (TPSA) is 38.0 Å². The predicted molar refractivity (Wildman–Crippen MR) is 58.0 cm³/mol. The van der Waals surface area contributed by atoms with Crippen LogP contribution in [0.15, 0.2) is 0 Å². The predicted octanol–water partition coefficient (Wildman–Crippen LogP) is 1.65. The average molecular weight is 194 g/mol. The minimum Gasteiger partial charge on any atom is -0.325 e. The highest BCUT2D eigenvalue weighted by Gasteiger charge is 2.55. The molecule has 0 aromatic heterocycles. The summed E-state index contributed by atoms with van der Waals surface area (Å²) >= 11 is 0. The van der Waals surface area contributed by atoms with E-state index in [1.165, 1.54) is 38.5 Å². The molecule has 2 unspecified atom stereocenters. The van der Waals surface area contributed by atoms with Crippen molar-refractivity contribution in [2.75, 3.05) is 6.54 Å². The van der Waals surface area contributed by atoms with Crippen LogP contribution in [0.25, 0.3) is 0 Å². The Morgan fingerprint density at radius 1 is 1.21 bits per heavy atom. The Hall–Kier alpha value is -0.0800. The fourth-order valence-electron chi connectivity index (χ4n) is 4.92. The molecular formula is C12H22N2. The molecule has 0 aromatic carbocycles. The largest absolute Gasteiger partial charge is 0.325 e. The molecular weight excluding hydrogens is 172 g/mol. The molecule has 0 saturated heterocycles. The van der Waals surface area contributed by atoms with Crippen molar-refractivity contribution < 1.29 is 0 Å². The summed E-state index contributed by atoms with van der Waals surface area (Å²) in [5, 5.41) is 3.74. The van der Waals surface area contributed by atoms with Gasteiger partial charge >= 0.3 is 0 Å². The van der Waals surface area contributed by atoms with Crippen LogP contribution in [-0.2, 0) is 0 Å². The van der Waals surface area contributed by atoms with Crippen LogP contribution < -0.4 is 11.1 Å². The summed E-state index contributed by atoms with van der Waals surface area (Å²) in [6.45, 7) is 3.33. The van der Waals surface area contributed by atoms with Crippen molar-refractivity contribution in [3.63, 3.8) is 0 Å². The van der Waals surface area contributed by atoms with Crippen LogP contribution in [0.3, 0.4) is 0 Å². The summed E-state index contributed by atoms with van der Waals surface area (Å²) in [5.41, 5.74) is 7.14. The van der Waals surface area contributed by atoms with E-state index in [2.05, 4.69) is 12.2 Å². The minimum atomic E-state index is 0.201. The van der Waals surface area contributed by atoms with Crippen molar-refractivity contribution >= 4 is 0 Å². The van der Waals surface area contributed by atoms with Gasteiger partial charge in [-0.3, -0.25) is 0 Å². The molecule has 80 valence electrons. The molecule has 0 aromatic rings. The second-order valence-electron chi connectivity index (χ2n) is 6.13.